The van der Waals surface area contributed by atoms with Gasteiger partial charge >= 0.3 is 0 Å². The van der Waals surface area contributed by atoms with Gasteiger partial charge in [0.25, 0.3) is 0 Å². The number of rotatable bonds is 5. The highest BCUT2D eigenvalue weighted by Crippen LogP contribution is 2.31. The maximum absolute atomic E-state index is 13.0. The van der Waals surface area contributed by atoms with E-state index in [0.29, 0.717) is 35.5 Å². The third kappa shape index (κ3) is 2.93. The smallest absolute Gasteiger partial charge is 0.243 e. The van der Waals surface area contributed by atoms with E-state index in [0.717, 1.165) is 18.4 Å². The average Bonchev–Trinajstić information content (AvgIpc) is 2.95. The number of nitrogen functional groups attached to an aromatic ring is 1. The van der Waals surface area contributed by atoms with Crippen LogP contribution in [0.2, 0.25) is 0 Å². The molecule has 1 unspecified atom stereocenters. The van der Waals surface area contributed by atoms with Crippen molar-refractivity contribution in [1.29, 1.82) is 0 Å². The summed E-state index contributed by atoms with van der Waals surface area (Å²) in [7, 11) is -3.60. The van der Waals surface area contributed by atoms with Crippen molar-refractivity contribution in [2.75, 3.05) is 18.9 Å². The van der Waals surface area contributed by atoms with Crippen LogP contribution in [0, 0.1) is 0 Å². The summed E-state index contributed by atoms with van der Waals surface area (Å²) in [5.41, 5.74) is 8.17. The molecule has 0 radical (unpaired) electrons. The summed E-state index contributed by atoms with van der Waals surface area (Å²) in [6.07, 6.45) is 2.80. The van der Waals surface area contributed by atoms with E-state index in [1.54, 1.807) is 6.07 Å². The first-order valence-electron chi connectivity index (χ1n) is 7.49. The van der Waals surface area contributed by atoms with Gasteiger partial charge in [0.05, 0.1) is 11.5 Å². The van der Waals surface area contributed by atoms with Crippen LogP contribution in [-0.4, -0.2) is 37.0 Å². The molecular formula is C15H24N2O3S. The Kier molecular flexibility index (Phi) is 4.91. The van der Waals surface area contributed by atoms with Crippen LogP contribution in [0.15, 0.2) is 17.0 Å². The summed E-state index contributed by atoms with van der Waals surface area (Å²) >= 11 is 0. The summed E-state index contributed by atoms with van der Waals surface area (Å²) in [5, 5.41) is 9.40. The lowest BCUT2D eigenvalue weighted by Gasteiger charge is -2.24. The molecule has 0 bridgehead atoms. The number of nitrogens with two attached hydrogens (primary N) is 1. The Morgan fingerprint density at radius 1 is 1.33 bits per heavy atom. The molecule has 1 aromatic carbocycles. The van der Waals surface area contributed by atoms with Crippen molar-refractivity contribution in [3.63, 3.8) is 0 Å². The number of aliphatic hydroxyl groups excluding tert-OH is 1. The highest BCUT2D eigenvalue weighted by molar-refractivity contribution is 7.89. The van der Waals surface area contributed by atoms with E-state index in [-0.39, 0.29) is 12.6 Å². The number of aryl methyl sites for hydroxylation is 1. The SMILES string of the molecule is CCc1cc(N)c(CC)c(S(=O)(=O)N2CCCC2CO)c1. The van der Waals surface area contributed by atoms with Crippen LogP contribution in [0.1, 0.15) is 37.8 Å². The van der Waals surface area contributed by atoms with Crippen molar-refractivity contribution in [2.24, 2.45) is 0 Å². The maximum Gasteiger partial charge on any atom is 0.243 e. The Bertz CT molecular complexity index is 614. The van der Waals surface area contributed by atoms with Gasteiger partial charge in [0.1, 0.15) is 0 Å². The highest BCUT2D eigenvalue weighted by Gasteiger charge is 2.36. The van der Waals surface area contributed by atoms with Crippen molar-refractivity contribution in [2.45, 2.75) is 50.5 Å². The summed E-state index contributed by atoms with van der Waals surface area (Å²) in [5.74, 6) is 0. The molecule has 118 valence electrons. The Labute approximate surface area is 126 Å². The normalized spacial score (nSPS) is 20.0. The van der Waals surface area contributed by atoms with Crippen molar-refractivity contribution in [3.05, 3.63) is 23.3 Å². The number of anilines is 1. The lowest BCUT2D eigenvalue weighted by Crippen LogP contribution is -2.38. The van der Waals surface area contributed by atoms with Crippen LogP contribution in [-0.2, 0) is 22.9 Å². The minimum absolute atomic E-state index is 0.135. The van der Waals surface area contributed by atoms with E-state index in [2.05, 4.69) is 0 Å². The van der Waals surface area contributed by atoms with E-state index in [4.69, 9.17) is 5.73 Å². The second-order valence-corrected chi connectivity index (χ2v) is 7.32. The third-order valence-electron chi connectivity index (χ3n) is 4.19. The molecule has 0 amide bonds. The van der Waals surface area contributed by atoms with Crippen LogP contribution < -0.4 is 5.73 Å². The molecule has 1 aromatic rings. The number of aliphatic hydroxyl groups is 1. The van der Waals surface area contributed by atoms with Gasteiger partial charge in [-0.25, -0.2) is 8.42 Å². The second-order valence-electron chi connectivity index (χ2n) is 5.46. The van der Waals surface area contributed by atoms with E-state index in [1.165, 1.54) is 4.31 Å². The van der Waals surface area contributed by atoms with Crippen LogP contribution >= 0.6 is 0 Å². The number of hydrogen-bond acceptors (Lipinski definition) is 4. The van der Waals surface area contributed by atoms with E-state index in [9.17, 15) is 13.5 Å². The zero-order valence-corrected chi connectivity index (χ0v) is 13.5. The van der Waals surface area contributed by atoms with Gasteiger partial charge in [-0.3, -0.25) is 0 Å². The largest absolute Gasteiger partial charge is 0.398 e. The number of benzene rings is 1. The van der Waals surface area contributed by atoms with E-state index < -0.39 is 10.0 Å². The Morgan fingerprint density at radius 2 is 2.05 bits per heavy atom. The van der Waals surface area contributed by atoms with E-state index >= 15 is 0 Å². The summed E-state index contributed by atoms with van der Waals surface area (Å²) < 4.78 is 27.4. The fourth-order valence-electron chi connectivity index (χ4n) is 2.97. The molecule has 1 fully saturated rings. The maximum atomic E-state index is 13.0. The molecule has 0 aromatic heterocycles. The van der Waals surface area contributed by atoms with Crippen molar-refractivity contribution < 1.29 is 13.5 Å². The molecule has 1 aliphatic heterocycles. The molecule has 1 saturated heterocycles. The molecule has 1 heterocycles. The summed E-state index contributed by atoms with van der Waals surface area (Å²) in [4.78, 5) is 0.308. The molecule has 0 saturated carbocycles. The number of nitrogens with zero attached hydrogens (tertiary/aromatic N) is 1. The van der Waals surface area contributed by atoms with Gasteiger partial charge in [-0.2, -0.15) is 4.31 Å². The lowest BCUT2D eigenvalue weighted by molar-refractivity contribution is 0.213. The summed E-state index contributed by atoms with van der Waals surface area (Å²) in [6.45, 7) is 4.21. The zero-order chi connectivity index (χ0) is 15.6. The van der Waals surface area contributed by atoms with Gasteiger partial charge in [-0.15, -0.1) is 0 Å². The average molecular weight is 312 g/mol. The third-order valence-corrected chi connectivity index (χ3v) is 6.20. The van der Waals surface area contributed by atoms with Gasteiger partial charge in [-0.05, 0) is 48.9 Å². The molecule has 1 atom stereocenters. The van der Waals surface area contributed by atoms with Gasteiger partial charge in [0, 0.05) is 18.3 Å². The number of sulfonamides is 1. The lowest BCUT2D eigenvalue weighted by atomic mass is 10.1. The fourth-order valence-corrected chi connectivity index (χ4v) is 5.03. The minimum Gasteiger partial charge on any atom is -0.398 e. The van der Waals surface area contributed by atoms with Gasteiger partial charge < -0.3 is 10.8 Å². The predicted molar refractivity (Wildman–Crippen MR) is 83.6 cm³/mol. The molecule has 21 heavy (non-hydrogen) atoms. The molecule has 6 heteroatoms. The molecule has 0 spiro atoms. The number of hydrogen-bond donors (Lipinski definition) is 2. The molecule has 3 N–H and O–H groups in total. The molecule has 2 rings (SSSR count). The Hall–Kier alpha value is -1.11. The first-order chi connectivity index (χ1) is 9.95. The summed E-state index contributed by atoms with van der Waals surface area (Å²) in [6, 6.07) is 3.27. The highest BCUT2D eigenvalue weighted by atomic mass is 32.2. The quantitative estimate of drug-likeness (QED) is 0.808. The van der Waals surface area contributed by atoms with Crippen LogP contribution in [0.5, 0.6) is 0 Å². The van der Waals surface area contributed by atoms with Crippen LogP contribution in [0.3, 0.4) is 0 Å². The first-order valence-corrected chi connectivity index (χ1v) is 8.93. The van der Waals surface area contributed by atoms with Crippen LogP contribution in [0.4, 0.5) is 5.69 Å². The van der Waals surface area contributed by atoms with Gasteiger partial charge in [0.15, 0.2) is 0 Å². The van der Waals surface area contributed by atoms with Crippen molar-refractivity contribution in [1.82, 2.24) is 4.31 Å². The molecule has 0 aliphatic carbocycles. The zero-order valence-electron chi connectivity index (χ0n) is 12.7. The Morgan fingerprint density at radius 3 is 2.62 bits per heavy atom. The van der Waals surface area contributed by atoms with Crippen molar-refractivity contribution in [3.8, 4) is 0 Å². The second kappa shape index (κ2) is 6.34. The fraction of sp³-hybridized carbons (Fsp3) is 0.600. The molecule has 1 aliphatic rings. The minimum atomic E-state index is -3.60. The van der Waals surface area contributed by atoms with Crippen molar-refractivity contribution >= 4 is 15.7 Å². The molecular weight excluding hydrogens is 288 g/mol. The van der Waals surface area contributed by atoms with E-state index in [1.807, 2.05) is 19.9 Å². The monoisotopic (exact) mass is 312 g/mol. The van der Waals surface area contributed by atoms with Gasteiger partial charge in [0.2, 0.25) is 10.0 Å². The Balaban J connectivity index is 2.56. The standard InChI is InChI=1S/C15H24N2O3S/c1-3-11-8-14(16)13(4-2)15(9-11)21(19,20)17-7-5-6-12(17)10-18/h8-9,12,18H,3-7,10,16H2,1-2H3. The molecule has 5 nitrogen and oxygen atoms in total. The van der Waals surface area contributed by atoms with Crippen LogP contribution in [0.25, 0.3) is 0 Å². The first kappa shape index (κ1) is 16.3. The topological polar surface area (TPSA) is 83.6 Å². The predicted octanol–water partition coefficient (Wildman–Crippen LogP) is 1.54. The van der Waals surface area contributed by atoms with Gasteiger partial charge in [-0.1, -0.05) is 13.8 Å².